The van der Waals surface area contributed by atoms with Gasteiger partial charge in [0.05, 0.1) is 0 Å². The zero-order valence-corrected chi connectivity index (χ0v) is 14.8. The highest BCUT2D eigenvalue weighted by molar-refractivity contribution is 5.78. The number of likely N-dealkylation sites (N-methyl/N-ethyl adjacent to an activating group) is 1. The topological polar surface area (TPSA) is 44.4 Å². The van der Waals surface area contributed by atoms with Crippen LogP contribution in [0.5, 0.6) is 0 Å². The Hall–Kier alpha value is -2.33. The van der Waals surface area contributed by atoms with Crippen molar-refractivity contribution in [2.45, 2.75) is 13.8 Å². The molecule has 0 saturated carbocycles. The lowest BCUT2D eigenvalue weighted by atomic mass is 10.1. The maximum atomic E-state index is 10.9. The van der Waals surface area contributed by atoms with Crippen LogP contribution in [0.15, 0.2) is 42.5 Å². The van der Waals surface area contributed by atoms with Crippen molar-refractivity contribution in [1.29, 1.82) is 0 Å². The molecule has 24 heavy (non-hydrogen) atoms. The second-order valence-electron chi connectivity index (χ2n) is 6.04. The van der Waals surface area contributed by atoms with Crippen molar-refractivity contribution in [3.8, 4) is 0 Å². The molecule has 0 spiro atoms. The number of rotatable bonds is 9. The van der Waals surface area contributed by atoms with E-state index in [2.05, 4.69) is 46.7 Å². The van der Waals surface area contributed by atoms with Crippen LogP contribution in [-0.4, -0.2) is 39.5 Å². The maximum Gasteiger partial charge on any atom is 0.150 e. The van der Waals surface area contributed by atoms with Crippen molar-refractivity contribution >= 4 is 17.7 Å². The maximum absolute atomic E-state index is 10.9. The Labute approximate surface area is 144 Å². The molecule has 0 aliphatic heterocycles. The Morgan fingerprint density at radius 1 is 1.00 bits per heavy atom. The Kier molecular flexibility index (Phi) is 6.82. The molecule has 4 heteroatoms. The number of carbonyl (C=O) groups is 1. The van der Waals surface area contributed by atoms with Gasteiger partial charge in [0.25, 0.3) is 0 Å². The number of aldehydes is 1. The molecule has 2 aromatic carbocycles. The molecule has 0 atom stereocenters. The smallest absolute Gasteiger partial charge is 0.150 e. The average molecular weight is 325 g/mol. The minimum absolute atomic E-state index is 0.746. The fourth-order valence-electron chi connectivity index (χ4n) is 2.63. The lowest BCUT2D eigenvalue weighted by molar-refractivity contribution is 0.112. The molecule has 2 aromatic rings. The van der Waals surface area contributed by atoms with E-state index in [-0.39, 0.29) is 0 Å². The summed E-state index contributed by atoms with van der Waals surface area (Å²) in [6.45, 7) is 7.73. The monoisotopic (exact) mass is 325 g/mol. The van der Waals surface area contributed by atoms with Gasteiger partial charge in [-0.25, -0.2) is 0 Å². The molecule has 0 bridgehead atoms. The molecule has 0 unspecified atom stereocenters. The SMILES string of the molecule is CNCCN(CCNc1ccc(C=O)c(C)c1)c1ccc(C)cc1. The Balaban J connectivity index is 1.96. The summed E-state index contributed by atoms with van der Waals surface area (Å²) in [5.41, 5.74) is 5.31. The largest absolute Gasteiger partial charge is 0.383 e. The van der Waals surface area contributed by atoms with E-state index in [1.54, 1.807) is 0 Å². The summed E-state index contributed by atoms with van der Waals surface area (Å²) in [4.78, 5) is 13.3. The number of carbonyl (C=O) groups excluding carboxylic acids is 1. The molecule has 0 aliphatic carbocycles. The third-order valence-corrected chi connectivity index (χ3v) is 4.14. The van der Waals surface area contributed by atoms with Gasteiger partial charge in [-0.3, -0.25) is 4.79 Å². The van der Waals surface area contributed by atoms with Crippen molar-refractivity contribution in [1.82, 2.24) is 5.32 Å². The van der Waals surface area contributed by atoms with E-state index in [1.807, 2.05) is 32.2 Å². The first-order valence-electron chi connectivity index (χ1n) is 8.40. The Morgan fingerprint density at radius 3 is 2.33 bits per heavy atom. The van der Waals surface area contributed by atoms with E-state index < -0.39 is 0 Å². The number of nitrogens with one attached hydrogen (secondary N) is 2. The fraction of sp³-hybridized carbons (Fsp3) is 0.350. The van der Waals surface area contributed by atoms with Crippen LogP contribution in [0.2, 0.25) is 0 Å². The minimum atomic E-state index is 0.746. The Bertz CT molecular complexity index is 652. The van der Waals surface area contributed by atoms with Gasteiger partial charge in [0, 0.05) is 43.1 Å². The van der Waals surface area contributed by atoms with Gasteiger partial charge < -0.3 is 15.5 Å². The molecule has 0 aliphatic rings. The molecule has 0 heterocycles. The second kappa shape index (κ2) is 9.08. The summed E-state index contributed by atoms with van der Waals surface area (Å²) in [6, 6.07) is 14.5. The number of hydrogen-bond acceptors (Lipinski definition) is 4. The quantitative estimate of drug-likeness (QED) is 0.695. The predicted molar refractivity (Wildman–Crippen MR) is 102 cm³/mol. The van der Waals surface area contributed by atoms with E-state index in [0.29, 0.717) is 0 Å². The van der Waals surface area contributed by atoms with Gasteiger partial charge >= 0.3 is 0 Å². The van der Waals surface area contributed by atoms with Crippen LogP contribution >= 0.6 is 0 Å². The van der Waals surface area contributed by atoms with E-state index in [4.69, 9.17) is 0 Å². The molecular weight excluding hydrogens is 298 g/mol. The van der Waals surface area contributed by atoms with Crippen LogP contribution in [0, 0.1) is 13.8 Å². The summed E-state index contributed by atoms with van der Waals surface area (Å²) in [5, 5.41) is 6.66. The normalized spacial score (nSPS) is 10.5. The van der Waals surface area contributed by atoms with Crippen LogP contribution < -0.4 is 15.5 Å². The number of aryl methyl sites for hydroxylation is 2. The van der Waals surface area contributed by atoms with Gasteiger partial charge in [0.1, 0.15) is 6.29 Å². The van der Waals surface area contributed by atoms with E-state index in [0.717, 1.165) is 49.3 Å². The third kappa shape index (κ3) is 5.10. The van der Waals surface area contributed by atoms with Gasteiger partial charge in [-0.2, -0.15) is 0 Å². The van der Waals surface area contributed by atoms with Gasteiger partial charge in [-0.1, -0.05) is 17.7 Å². The molecule has 4 nitrogen and oxygen atoms in total. The molecule has 0 aromatic heterocycles. The molecule has 0 fully saturated rings. The van der Waals surface area contributed by atoms with E-state index in [9.17, 15) is 4.79 Å². The van der Waals surface area contributed by atoms with Gasteiger partial charge in [0.2, 0.25) is 0 Å². The van der Waals surface area contributed by atoms with Crippen LogP contribution in [0.3, 0.4) is 0 Å². The zero-order valence-electron chi connectivity index (χ0n) is 14.8. The molecule has 0 saturated heterocycles. The van der Waals surface area contributed by atoms with E-state index >= 15 is 0 Å². The molecule has 2 N–H and O–H groups in total. The van der Waals surface area contributed by atoms with Crippen LogP contribution in [-0.2, 0) is 0 Å². The van der Waals surface area contributed by atoms with Gasteiger partial charge in [0.15, 0.2) is 0 Å². The Morgan fingerprint density at radius 2 is 1.71 bits per heavy atom. The molecule has 2 rings (SSSR count). The third-order valence-electron chi connectivity index (χ3n) is 4.14. The molecule has 128 valence electrons. The lowest BCUT2D eigenvalue weighted by Gasteiger charge is -2.25. The first-order valence-corrected chi connectivity index (χ1v) is 8.40. The first kappa shape index (κ1) is 18.0. The predicted octanol–water partition coefficient (Wildman–Crippen LogP) is 3.25. The summed E-state index contributed by atoms with van der Waals surface area (Å²) in [7, 11) is 1.98. The fourth-order valence-corrected chi connectivity index (χ4v) is 2.63. The minimum Gasteiger partial charge on any atom is -0.383 e. The first-order chi connectivity index (χ1) is 11.6. The zero-order chi connectivity index (χ0) is 17.4. The van der Waals surface area contributed by atoms with Crippen molar-refractivity contribution in [3.63, 3.8) is 0 Å². The van der Waals surface area contributed by atoms with Crippen molar-refractivity contribution in [2.24, 2.45) is 0 Å². The highest BCUT2D eigenvalue weighted by Gasteiger charge is 2.06. The number of anilines is 2. The van der Waals surface area contributed by atoms with Crippen LogP contribution in [0.25, 0.3) is 0 Å². The van der Waals surface area contributed by atoms with Crippen molar-refractivity contribution < 1.29 is 4.79 Å². The highest BCUT2D eigenvalue weighted by atomic mass is 16.1. The second-order valence-corrected chi connectivity index (χ2v) is 6.04. The summed E-state index contributed by atoms with van der Waals surface area (Å²) >= 11 is 0. The molecule has 0 amide bonds. The van der Waals surface area contributed by atoms with Crippen LogP contribution in [0.1, 0.15) is 21.5 Å². The van der Waals surface area contributed by atoms with Crippen molar-refractivity contribution in [2.75, 3.05) is 43.4 Å². The van der Waals surface area contributed by atoms with Gasteiger partial charge in [-0.15, -0.1) is 0 Å². The number of hydrogen-bond donors (Lipinski definition) is 2. The number of benzene rings is 2. The summed E-state index contributed by atoms with van der Waals surface area (Å²) in [6.07, 6.45) is 0.899. The lowest BCUT2D eigenvalue weighted by Crippen LogP contribution is -2.34. The van der Waals surface area contributed by atoms with Crippen LogP contribution in [0.4, 0.5) is 11.4 Å². The van der Waals surface area contributed by atoms with E-state index in [1.165, 1.54) is 11.3 Å². The molecular formula is C20H27N3O. The van der Waals surface area contributed by atoms with Crippen molar-refractivity contribution in [3.05, 3.63) is 59.2 Å². The van der Waals surface area contributed by atoms with Gasteiger partial charge in [-0.05, 0) is 56.8 Å². The average Bonchev–Trinajstić information content (AvgIpc) is 2.59. The number of nitrogens with zero attached hydrogens (tertiary/aromatic N) is 1. The summed E-state index contributed by atoms with van der Waals surface area (Å²) in [5.74, 6) is 0. The molecule has 0 radical (unpaired) electrons. The summed E-state index contributed by atoms with van der Waals surface area (Å²) < 4.78 is 0. The standard InChI is InChI=1S/C20H27N3O/c1-16-4-8-20(9-5-16)23(12-10-21-3)13-11-22-19-7-6-18(15-24)17(2)14-19/h4-9,14-15,21-22H,10-13H2,1-3H3. The highest BCUT2D eigenvalue weighted by Crippen LogP contribution is 2.16.